The van der Waals surface area contributed by atoms with Gasteiger partial charge in [-0.25, -0.2) is 0 Å². The predicted octanol–water partition coefficient (Wildman–Crippen LogP) is 3.86. The van der Waals surface area contributed by atoms with E-state index >= 15 is 0 Å². The van der Waals surface area contributed by atoms with E-state index in [9.17, 15) is 0 Å². The predicted molar refractivity (Wildman–Crippen MR) is 94.4 cm³/mol. The number of aryl methyl sites for hydroxylation is 3. The van der Waals surface area contributed by atoms with Crippen LogP contribution in [-0.2, 0) is 6.54 Å². The van der Waals surface area contributed by atoms with Crippen molar-refractivity contribution in [2.75, 3.05) is 26.2 Å². The molecular weight excluding hydrogens is 280 g/mol. The van der Waals surface area contributed by atoms with E-state index in [0.29, 0.717) is 0 Å². The number of likely N-dealkylation sites (tertiary alicyclic amines) is 1. The van der Waals surface area contributed by atoms with Crippen LogP contribution in [-0.4, -0.2) is 31.1 Å². The van der Waals surface area contributed by atoms with Crippen LogP contribution in [0.4, 0.5) is 0 Å². The Kier molecular flexibility index (Phi) is 7.72. The molecule has 1 saturated heterocycles. The normalized spacial score (nSPS) is 16.8. The Morgan fingerprint density at radius 2 is 1.67 bits per heavy atom. The van der Waals surface area contributed by atoms with Gasteiger partial charge in [0.05, 0.1) is 0 Å². The molecule has 0 unspecified atom stereocenters. The second kappa shape index (κ2) is 8.77. The van der Waals surface area contributed by atoms with E-state index in [-0.39, 0.29) is 12.4 Å². The van der Waals surface area contributed by atoms with Crippen molar-refractivity contribution in [1.82, 2.24) is 10.2 Å². The van der Waals surface area contributed by atoms with Gasteiger partial charge in [0.25, 0.3) is 0 Å². The first-order valence-electron chi connectivity index (χ1n) is 8.10. The molecule has 0 amide bonds. The van der Waals surface area contributed by atoms with Crippen LogP contribution in [0.15, 0.2) is 12.1 Å². The van der Waals surface area contributed by atoms with Gasteiger partial charge in [0.2, 0.25) is 0 Å². The van der Waals surface area contributed by atoms with Gasteiger partial charge >= 0.3 is 0 Å². The number of benzene rings is 1. The summed E-state index contributed by atoms with van der Waals surface area (Å²) >= 11 is 0. The lowest BCUT2D eigenvalue weighted by Gasteiger charge is -2.32. The molecule has 2 rings (SSSR count). The summed E-state index contributed by atoms with van der Waals surface area (Å²) in [6.45, 7) is 14.8. The van der Waals surface area contributed by atoms with Gasteiger partial charge in [0.15, 0.2) is 0 Å². The first kappa shape index (κ1) is 18.5. The van der Waals surface area contributed by atoms with Crippen molar-refractivity contribution in [1.29, 1.82) is 0 Å². The summed E-state index contributed by atoms with van der Waals surface area (Å²) in [5, 5.41) is 3.49. The number of halogens is 1. The quantitative estimate of drug-likeness (QED) is 0.888. The van der Waals surface area contributed by atoms with Gasteiger partial charge in [-0.1, -0.05) is 24.6 Å². The summed E-state index contributed by atoms with van der Waals surface area (Å²) in [6.07, 6.45) is 2.69. The SMILES string of the molecule is CCNCC1CCN(Cc2c(C)cc(C)cc2C)CC1.Cl. The molecule has 120 valence electrons. The van der Waals surface area contributed by atoms with E-state index in [4.69, 9.17) is 0 Å². The van der Waals surface area contributed by atoms with E-state index in [1.807, 2.05) is 0 Å². The van der Waals surface area contributed by atoms with Gasteiger partial charge in [-0.15, -0.1) is 12.4 Å². The molecule has 0 spiro atoms. The topological polar surface area (TPSA) is 15.3 Å². The van der Waals surface area contributed by atoms with Crippen LogP contribution in [0.3, 0.4) is 0 Å². The molecule has 1 aliphatic heterocycles. The zero-order valence-electron chi connectivity index (χ0n) is 14.0. The van der Waals surface area contributed by atoms with Crippen LogP contribution >= 0.6 is 12.4 Å². The third-order valence-corrected chi connectivity index (χ3v) is 4.61. The summed E-state index contributed by atoms with van der Waals surface area (Å²) in [7, 11) is 0. The lowest BCUT2D eigenvalue weighted by molar-refractivity contribution is 0.175. The molecule has 1 fully saturated rings. The summed E-state index contributed by atoms with van der Waals surface area (Å²) in [5.41, 5.74) is 5.84. The highest BCUT2D eigenvalue weighted by atomic mass is 35.5. The molecule has 0 saturated carbocycles. The maximum absolute atomic E-state index is 3.49. The van der Waals surface area contributed by atoms with Crippen LogP contribution in [0.1, 0.15) is 42.0 Å². The van der Waals surface area contributed by atoms with E-state index in [0.717, 1.165) is 19.0 Å². The number of nitrogens with zero attached hydrogens (tertiary/aromatic N) is 1. The van der Waals surface area contributed by atoms with Crippen LogP contribution in [0.5, 0.6) is 0 Å². The van der Waals surface area contributed by atoms with E-state index in [1.54, 1.807) is 5.56 Å². The van der Waals surface area contributed by atoms with Crippen molar-refractivity contribution in [3.05, 3.63) is 34.4 Å². The lowest BCUT2D eigenvalue weighted by Crippen LogP contribution is -2.37. The van der Waals surface area contributed by atoms with Gasteiger partial charge in [-0.2, -0.15) is 0 Å². The van der Waals surface area contributed by atoms with E-state index in [1.165, 1.54) is 49.2 Å². The molecule has 1 heterocycles. The molecular formula is C18H31ClN2. The van der Waals surface area contributed by atoms with Crippen LogP contribution in [0.25, 0.3) is 0 Å². The molecule has 0 bridgehead atoms. The maximum atomic E-state index is 3.49. The number of hydrogen-bond acceptors (Lipinski definition) is 2. The number of rotatable bonds is 5. The zero-order valence-corrected chi connectivity index (χ0v) is 14.9. The third kappa shape index (κ3) is 5.28. The average molecular weight is 311 g/mol. The molecule has 0 radical (unpaired) electrons. The van der Waals surface area contributed by atoms with E-state index in [2.05, 4.69) is 50.0 Å². The second-order valence-corrected chi connectivity index (χ2v) is 6.40. The van der Waals surface area contributed by atoms with Gasteiger partial charge in [0, 0.05) is 6.54 Å². The maximum Gasteiger partial charge on any atom is 0.0238 e. The average Bonchev–Trinajstić information content (AvgIpc) is 2.42. The number of hydrogen-bond donors (Lipinski definition) is 1. The van der Waals surface area contributed by atoms with Crippen molar-refractivity contribution in [3.8, 4) is 0 Å². The minimum Gasteiger partial charge on any atom is -0.317 e. The molecule has 21 heavy (non-hydrogen) atoms. The first-order chi connectivity index (χ1) is 9.60. The van der Waals surface area contributed by atoms with Crippen molar-refractivity contribution in [3.63, 3.8) is 0 Å². The Labute approximate surface area is 136 Å². The number of nitrogens with one attached hydrogen (secondary N) is 1. The minimum absolute atomic E-state index is 0. The van der Waals surface area contributed by atoms with Gasteiger partial charge < -0.3 is 5.32 Å². The highest BCUT2D eigenvalue weighted by Crippen LogP contribution is 2.22. The van der Waals surface area contributed by atoms with Crippen molar-refractivity contribution >= 4 is 12.4 Å². The van der Waals surface area contributed by atoms with Gasteiger partial charge in [0.1, 0.15) is 0 Å². The Morgan fingerprint density at radius 1 is 1.10 bits per heavy atom. The molecule has 1 aliphatic rings. The fraction of sp³-hybridized carbons (Fsp3) is 0.667. The molecule has 1 aromatic rings. The van der Waals surface area contributed by atoms with Crippen molar-refractivity contribution in [2.45, 2.75) is 47.1 Å². The Morgan fingerprint density at radius 3 is 2.19 bits per heavy atom. The minimum atomic E-state index is 0. The lowest BCUT2D eigenvalue weighted by atomic mass is 9.94. The zero-order chi connectivity index (χ0) is 14.5. The molecule has 3 heteroatoms. The van der Waals surface area contributed by atoms with Gasteiger partial charge in [-0.3, -0.25) is 4.90 Å². The Hall–Kier alpha value is -0.570. The van der Waals surface area contributed by atoms with Gasteiger partial charge in [-0.05, 0) is 82.4 Å². The molecule has 1 aromatic carbocycles. The molecule has 1 N–H and O–H groups in total. The third-order valence-electron chi connectivity index (χ3n) is 4.61. The Balaban J connectivity index is 0.00000220. The standard InChI is InChI=1S/C18H30N2.ClH/c1-5-19-12-17-6-8-20(9-7-17)13-18-15(3)10-14(2)11-16(18)4;/h10-11,17,19H,5-9,12-13H2,1-4H3;1H. The highest BCUT2D eigenvalue weighted by Gasteiger charge is 2.19. The fourth-order valence-corrected chi connectivity index (χ4v) is 3.38. The summed E-state index contributed by atoms with van der Waals surface area (Å²) in [5.74, 6) is 0.881. The van der Waals surface area contributed by atoms with Crippen molar-refractivity contribution in [2.24, 2.45) is 5.92 Å². The second-order valence-electron chi connectivity index (χ2n) is 6.40. The monoisotopic (exact) mass is 310 g/mol. The summed E-state index contributed by atoms with van der Waals surface area (Å²) in [4.78, 5) is 2.63. The fourth-order valence-electron chi connectivity index (χ4n) is 3.38. The summed E-state index contributed by atoms with van der Waals surface area (Å²) < 4.78 is 0. The Bertz CT molecular complexity index is 414. The molecule has 2 nitrogen and oxygen atoms in total. The highest BCUT2D eigenvalue weighted by molar-refractivity contribution is 5.85. The molecule has 0 atom stereocenters. The van der Waals surface area contributed by atoms with E-state index < -0.39 is 0 Å². The van der Waals surface area contributed by atoms with Crippen molar-refractivity contribution < 1.29 is 0 Å². The van der Waals surface area contributed by atoms with Crippen LogP contribution in [0.2, 0.25) is 0 Å². The largest absolute Gasteiger partial charge is 0.317 e. The molecule has 0 aliphatic carbocycles. The first-order valence-corrected chi connectivity index (χ1v) is 8.10. The van der Waals surface area contributed by atoms with Crippen LogP contribution < -0.4 is 5.32 Å². The number of piperidine rings is 1. The molecule has 0 aromatic heterocycles. The van der Waals surface area contributed by atoms with Crippen LogP contribution in [0, 0.1) is 26.7 Å². The summed E-state index contributed by atoms with van der Waals surface area (Å²) in [6, 6.07) is 4.64. The smallest absolute Gasteiger partial charge is 0.0238 e.